The first kappa shape index (κ1) is 21.3. The van der Waals surface area contributed by atoms with Crippen LogP contribution in [0.15, 0.2) is 69.3 Å². The van der Waals surface area contributed by atoms with Crippen LogP contribution in [0.2, 0.25) is 5.02 Å². The highest BCUT2D eigenvalue weighted by molar-refractivity contribution is 7.11. The molecule has 2 heterocycles. The molecule has 4 rings (SSSR count). The Morgan fingerprint density at radius 1 is 1.25 bits per heavy atom. The van der Waals surface area contributed by atoms with E-state index >= 15 is 0 Å². The van der Waals surface area contributed by atoms with E-state index < -0.39 is 11.6 Å². The van der Waals surface area contributed by atoms with Gasteiger partial charge in [0.2, 0.25) is 0 Å². The SMILES string of the molecule is COC(=O)c1ccc(N/C=C(\C#N)c2nc(-c3cc4cc(Cl)ccc4oc3=O)cs2)cc1. The number of allylic oxidation sites excluding steroid dienone is 1. The quantitative estimate of drug-likeness (QED) is 0.242. The summed E-state index contributed by atoms with van der Waals surface area (Å²) in [6.45, 7) is 0. The summed E-state index contributed by atoms with van der Waals surface area (Å²) in [5, 5.41) is 15.9. The molecule has 0 aliphatic carbocycles. The van der Waals surface area contributed by atoms with Crippen LogP contribution >= 0.6 is 22.9 Å². The largest absolute Gasteiger partial charge is 0.465 e. The maximum absolute atomic E-state index is 12.4. The monoisotopic (exact) mass is 463 g/mol. The minimum atomic E-state index is -0.525. The fourth-order valence-electron chi connectivity index (χ4n) is 2.91. The van der Waals surface area contributed by atoms with Crippen molar-refractivity contribution in [2.45, 2.75) is 0 Å². The maximum Gasteiger partial charge on any atom is 0.345 e. The molecule has 0 fully saturated rings. The fraction of sp³-hybridized carbons (Fsp3) is 0.0435. The molecular formula is C23H14ClN3O4S. The van der Waals surface area contributed by atoms with Gasteiger partial charge in [0.1, 0.15) is 22.2 Å². The number of nitrogens with one attached hydrogen (secondary N) is 1. The van der Waals surface area contributed by atoms with Gasteiger partial charge in [0.05, 0.1) is 23.9 Å². The number of benzene rings is 2. The van der Waals surface area contributed by atoms with Crippen molar-refractivity contribution in [1.29, 1.82) is 5.26 Å². The van der Waals surface area contributed by atoms with E-state index in [1.165, 1.54) is 24.6 Å². The number of aromatic nitrogens is 1. The normalized spacial score (nSPS) is 11.2. The second-order valence-corrected chi connectivity index (χ2v) is 7.85. The molecule has 4 aromatic rings. The highest BCUT2D eigenvalue weighted by atomic mass is 35.5. The van der Waals surface area contributed by atoms with Crippen LogP contribution < -0.4 is 10.9 Å². The smallest absolute Gasteiger partial charge is 0.345 e. The predicted octanol–water partition coefficient (Wildman–Crippen LogP) is 5.33. The first-order valence-electron chi connectivity index (χ1n) is 9.23. The first-order valence-corrected chi connectivity index (χ1v) is 10.5. The minimum Gasteiger partial charge on any atom is -0.465 e. The number of thiazole rings is 1. The van der Waals surface area contributed by atoms with Crippen LogP contribution in [0, 0.1) is 11.3 Å². The third-order valence-corrected chi connectivity index (χ3v) is 5.63. The molecule has 158 valence electrons. The molecule has 0 atom stereocenters. The highest BCUT2D eigenvalue weighted by Crippen LogP contribution is 2.27. The summed E-state index contributed by atoms with van der Waals surface area (Å²) in [6.07, 6.45) is 1.51. The van der Waals surface area contributed by atoms with E-state index in [0.29, 0.717) is 37.9 Å². The van der Waals surface area contributed by atoms with E-state index in [4.69, 9.17) is 16.0 Å². The number of nitrogens with zero attached hydrogens (tertiary/aromatic N) is 2. The fourth-order valence-corrected chi connectivity index (χ4v) is 3.88. The van der Waals surface area contributed by atoms with Gasteiger partial charge in [-0.1, -0.05) is 11.6 Å². The van der Waals surface area contributed by atoms with Gasteiger partial charge >= 0.3 is 11.6 Å². The Labute approximate surface area is 191 Å². The number of carbonyl (C=O) groups is 1. The Bertz CT molecular complexity index is 1450. The van der Waals surface area contributed by atoms with E-state index in [9.17, 15) is 14.9 Å². The number of methoxy groups -OCH3 is 1. The molecule has 0 bridgehead atoms. The number of ether oxygens (including phenoxy) is 1. The molecule has 0 saturated carbocycles. The average molecular weight is 464 g/mol. The van der Waals surface area contributed by atoms with Crippen molar-refractivity contribution in [2.75, 3.05) is 12.4 Å². The molecule has 32 heavy (non-hydrogen) atoms. The van der Waals surface area contributed by atoms with Gasteiger partial charge in [-0.05, 0) is 48.5 Å². The molecule has 0 unspecified atom stereocenters. The lowest BCUT2D eigenvalue weighted by Gasteiger charge is -2.03. The summed E-state index contributed by atoms with van der Waals surface area (Å²) in [5.74, 6) is -0.430. The number of carbonyl (C=O) groups excluding carboxylic acids is 1. The summed E-state index contributed by atoms with van der Waals surface area (Å²) in [4.78, 5) is 28.4. The summed E-state index contributed by atoms with van der Waals surface area (Å²) >= 11 is 7.26. The summed E-state index contributed by atoms with van der Waals surface area (Å²) in [6, 6.07) is 15.4. The number of hydrogen-bond acceptors (Lipinski definition) is 8. The van der Waals surface area contributed by atoms with Crippen LogP contribution in [0.5, 0.6) is 0 Å². The van der Waals surface area contributed by atoms with E-state index in [2.05, 4.69) is 21.1 Å². The van der Waals surface area contributed by atoms with Crippen LogP contribution in [0.1, 0.15) is 15.4 Å². The summed E-state index contributed by atoms with van der Waals surface area (Å²) in [7, 11) is 1.32. The van der Waals surface area contributed by atoms with Gasteiger partial charge in [0.15, 0.2) is 0 Å². The molecule has 2 aromatic carbocycles. The van der Waals surface area contributed by atoms with Crippen LogP contribution in [0.25, 0.3) is 27.8 Å². The van der Waals surface area contributed by atoms with Gasteiger partial charge < -0.3 is 14.5 Å². The number of halogens is 1. The topological polar surface area (TPSA) is 105 Å². The van der Waals surface area contributed by atoms with Crippen molar-refractivity contribution in [3.8, 4) is 17.3 Å². The Morgan fingerprint density at radius 3 is 2.75 bits per heavy atom. The van der Waals surface area contributed by atoms with Gasteiger partial charge in [0.25, 0.3) is 0 Å². The highest BCUT2D eigenvalue weighted by Gasteiger charge is 2.14. The molecular weight excluding hydrogens is 450 g/mol. The third kappa shape index (κ3) is 4.39. The molecule has 1 N–H and O–H groups in total. The molecule has 7 nitrogen and oxygen atoms in total. The second-order valence-electron chi connectivity index (χ2n) is 6.55. The van der Waals surface area contributed by atoms with Crippen LogP contribution in [0.3, 0.4) is 0 Å². The van der Waals surface area contributed by atoms with Crippen LogP contribution in [-0.4, -0.2) is 18.1 Å². The van der Waals surface area contributed by atoms with Crippen molar-refractivity contribution in [2.24, 2.45) is 0 Å². The predicted molar refractivity (Wildman–Crippen MR) is 124 cm³/mol. The standard InChI is InChI=1S/C23H14ClN3O4S/c1-30-22(28)13-2-5-17(6-3-13)26-11-15(10-25)21-27-19(12-32-21)18-9-14-8-16(24)4-7-20(14)31-23(18)29/h2-9,11-12,26H,1H3/b15-11+. The van der Waals surface area contributed by atoms with E-state index in [0.717, 1.165) is 0 Å². The van der Waals surface area contributed by atoms with Gasteiger partial charge in [-0.2, -0.15) is 5.26 Å². The molecule has 0 aliphatic rings. The lowest BCUT2D eigenvalue weighted by atomic mass is 10.1. The van der Waals surface area contributed by atoms with Crippen molar-refractivity contribution < 1.29 is 13.9 Å². The molecule has 0 aliphatic heterocycles. The van der Waals surface area contributed by atoms with Crippen molar-refractivity contribution in [3.05, 3.63) is 86.1 Å². The maximum atomic E-state index is 12.4. The Morgan fingerprint density at radius 2 is 2.03 bits per heavy atom. The van der Waals surface area contributed by atoms with Crippen molar-refractivity contribution >= 4 is 51.1 Å². The zero-order chi connectivity index (χ0) is 22.7. The van der Waals surface area contributed by atoms with Crippen LogP contribution in [-0.2, 0) is 4.74 Å². The molecule has 2 aromatic heterocycles. The number of fused-ring (bicyclic) bond motifs is 1. The average Bonchev–Trinajstić information content (AvgIpc) is 3.29. The number of nitriles is 1. The molecule has 9 heteroatoms. The Hall–Kier alpha value is -3.93. The number of rotatable bonds is 5. The molecule has 0 saturated heterocycles. The zero-order valence-electron chi connectivity index (χ0n) is 16.6. The summed E-state index contributed by atoms with van der Waals surface area (Å²) in [5.41, 5.74) is 1.97. The third-order valence-electron chi connectivity index (χ3n) is 4.51. The summed E-state index contributed by atoms with van der Waals surface area (Å²) < 4.78 is 10.0. The van der Waals surface area contributed by atoms with Crippen molar-refractivity contribution in [1.82, 2.24) is 4.98 Å². The van der Waals surface area contributed by atoms with Crippen molar-refractivity contribution in [3.63, 3.8) is 0 Å². The molecule has 0 radical (unpaired) electrons. The lowest BCUT2D eigenvalue weighted by Crippen LogP contribution is -2.03. The zero-order valence-corrected chi connectivity index (χ0v) is 18.2. The number of hydrogen-bond donors (Lipinski definition) is 1. The Kier molecular flexibility index (Phi) is 6.03. The van der Waals surface area contributed by atoms with Gasteiger partial charge in [0, 0.05) is 27.7 Å². The number of anilines is 1. The van der Waals surface area contributed by atoms with Gasteiger partial charge in [-0.15, -0.1) is 11.3 Å². The Balaban J connectivity index is 1.60. The first-order chi connectivity index (χ1) is 15.5. The van der Waals surface area contributed by atoms with E-state index in [1.54, 1.807) is 53.9 Å². The second kappa shape index (κ2) is 9.06. The van der Waals surface area contributed by atoms with Crippen LogP contribution in [0.4, 0.5) is 5.69 Å². The molecule has 0 amide bonds. The number of esters is 1. The minimum absolute atomic E-state index is 0.283. The van der Waals surface area contributed by atoms with E-state index in [-0.39, 0.29) is 11.1 Å². The lowest BCUT2D eigenvalue weighted by molar-refractivity contribution is 0.0601. The van der Waals surface area contributed by atoms with Gasteiger partial charge in [-0.3, -0.25) is 0 Å². The molecule has 0 spiro atoms. The van der Waals surface area contributed by atoms with E-state index in [1.807, 2.05) is 0 Å². The van der Waals surface area contributed by atoms with Gasteiger partial charge in [-0.25, -0.2) is 14.6 Å².